The number of carbonyl (C=O) groups is 1. The van der Waals surface area contributed by atoms with Gasteiger partial charge in [0.05, 0.1) is 13.2 Å². The van der Waals surface area contributed by atoms with Crippen molar-refractivity contribution >= 4 is 11.8 Å². The SMILES string of the molecule is Cc1cc(C)c(NC(=O)OC2CCCCC2N2CCOCC2)c(C)c1. The normalized spacial score (nSPS) is 24.8. The highest BCUT2D eigenvalue weighted by Crippen LogP contribution is 2.27. The number of anilines is 1. The minimum Gasteiger partial charge on any atom is -0.444 e. The Bertz CT molecular complexity index is 588. The molecular weight excluding hydrogens is 316 g/mol. The van der Waals surface area contributed by atoms with Gasteiger partial charge in [-0.3, -0.25) is 10.2 Å². The highest BCUT2D eigenvalue weighted by atomic mass is 16.6. The smallest absolute Gasteiger partial charge is 0.411 e. The fourth-order valence-electron chi connectivity index (χ4n) is 4.19. The van der Waals surface area contributed by atoms with Crippen molar-refractivity contribution in [2.24, 2.45) is 0 Å². The molecule has 2 atom stereocenters. The molecule has 1 saturated heterocycles. The summed E-state index contributed by atoms with van der Waals surface area (Å²) in [7, 11) is 0. The maximum atomic E-state index is 12.5. The molecule has 0 spiro atoms. The number of nitrogens with one attached hydrogen (secondary N) is 1. The van der Waals surface area contributed by atoms with Crippen molar-refractivity contribution in [3.63, 3.8) is 0 Å². The Kier molecular flexibility index (Phi) is 5.97. The van der Waals surface area contributed by atoms with Crippen molar-refractivity contribution in [3.05, 3.63) is 28.8 Å². The van der Waals surface area contributed by atoms with E-state index < -0.39 is 0 Å². The fourth-order valence-corrected chi connectivity index (χ4v) is 4.19. The van der Waals surface area contributed by atoms with Gasteiger partial charge in [-0.15, -0.1) is 0 Å². The first-order valence-corrected chi connectivity index (χ1v) is 9.42. The quantitative estimate of drug-likeness (QED) is 0.904. The zero-order valence-electron chi connectivity index (χ0n) is 15.6. The van der Waals surface area contributed by atoms with Crippen LogP contribution in [0, 0.1) is 20.8 Å². The van der Waals surface area contributed by atoms with Gasteiger partial charge in [-0.25, -0.2) is 4.79 Å². The second-order valence-corrected chi connectivity index (χ2v) is 7.34. The summed E-state index contributed by atoms with van der Waals surface area (Å²) in [5, 5.41) is 2.97. The van der Waals surface area contributed by atoms with Crippen molar-refractivity contribution in [2.75, 3.05) is 31.6 Å². The van der Waals surface area contributed by atoms with E-state index in [1.807, 2.05) is 13.8 Å². The molecule has 5 heteroatoms. The van der Waals surface area contributed by atoms with Crippen molar-refractivity contribution in [1.82, 2.24) is 4.90 Å². The van der Waals surface area contributed by atoms with Crippen molar-refractivity contribution in [3.8, 4) is 0 Å². The highest BCUT2D eigenvalue weighted by Gasteiger charge is 2.33. The van der Waals surface area contributed by atoms with Crippen LogP contribution in [-0.2, 0) is 9.47 Å². The number of hydrogen-bond acceptors (Lipinski definition) is 4. The molecule has 1 amide bonds. The third-order valence-electron chi connectivity index (χ3n) is 5.34. The molecule has 1 N–H and O–H groups in total. The molecule has 1 heterocycles. The van der Waals surface area contributed by atoms with Crippen LogP contribution in [-0.4, -0.2) is 49.4 Å². The van der Waals surface area contributed by atoms with Gasteiger partial charge in [-0.2, -0.15) is 0 Å². The average Bonchev–Trinajstić information content (AvgIpc) is 2.59. The molecule has 1 saturated carbocycles. The van der Waals surface area contributed by atoms with Crippen LogP contribution >= 0.6 is 0 Å². The molecule has 0 aromatic heterocycles. The average molecular weight is 346 g/mol. The van der Waals surface area contributed by atoms with E-state index >= 15 is 0 Å². The Morgan fingerprint density at radius 2 is 1.76 bits per heavy atom. The maximum Gasteiger partial charge on any atom is 0.411 e. The maximum absolute atomic E-state index is 12.5. The van der Waals surface area contributed by atoms with Crippen LogP contribution in [0.4, 0.5) is 10.5 Å². The fraction of sp³-hybridized carbons (Fsp3) is 0.650. The van der Waals surface area contributed by atoms with E-state index in [-0.39, 0.29) is 12.2 Å². The van der Waals surface area contributed by atoms with Crippen LogP contribution < -0.4 is 5.32 Å². The summed E-state index contributed by atoms with van der Waals surface area (Å²) in [4.78, 5) is 15.0. The summed E-state index contributed by atoms with van der Waals surface area (Å²) in [6.45, 7) is 9.52. The lowest BCUT2D eigenvalue weighted by Crippen LogP contribution is -2.51. The molecule has 138 valence electrons. The van der Waals surface area contributed by atoms with Crippen LogP contribution in [0.15, 0.2) is 12.1 Å². The Morgan fingerprint density at radius 3 is 2.44 bits per heavy atom. The first-order valence-electron chi connectivity index (χ1n) is 9.42. The molecule has 2 aliphatic rings. The lowest BCUT2D eigenvalue weighted by molar-refractivity contribution is -0.0386. The second kappa shape index (κ2) is 8.19. The van der Waals surface area contributed by atoms with Gasteiger partial charge in [0.1, 0.15) is 6.10 Å². The van der Waals surface area contributed by atoms with Gasteiger partial charge in [0.2, 0.25) is 0 Å². The zero-order valence-corrected chi connectivity index (χ0v) is 15.6. The molecule has 0 radical (unpaired) electrons. The molecule has 1 aromatic rings. The largest absolute Gasteiger partial charge is 0.444 e. The molecule has 0 bridgehead atoms. The first-order chi connectivity index (χ1) is 12.0. The number of amides is 1. The number of nitrogens with zero attached hydrogens (tertiary/aromatic N) is 1. The van der Waals surface area contributed by atoms with Gasteiger partial charge >= 0.3 is 6.09 Å². The van der Waals surface area contributed by atoms with Crippen molar-refractivity contribution in [2.45, 2.75) is 58.6 Å². The van der Waals surface area contributed by atoms with Crippen LogP contribution in [0.25, 0.3) is 0 Å². The second-order valence-electron chi connectivity index (χ2n) is 7.34. The number of benzene rings is 1. The van der Waals surface area contributed by atoms with E-state index in [0.717, 1.165) is 62.4 Å². The topological polar surface area (TPSA) is 50.8 Å². The van der Waals surface area contributed by atoms with E-state index in [1.54, 1.807) is 0 Å². The third kappa shape index (κ3) is 4.53. The van der Waals surface area contributed by atoms with E-state index in [9.17, 15) is 4.79 Å². The van der Waals surface area contributed by atoms with E-state index in [1.165, 1.54) is 12.0 Å². The van der Waals surface area contributed by atoms with Gasteiger partial charge in [0.15, 0.2) is 0 Å². The standard InChI is InChI=1S/C20H30N2O3/c1-14-12-15(2)19(16(3)13-14)21-20(23)25-18-7-5-4-6-17(18)22-8-10-24-11-9-22/h12-13,17-18H,4-11H2,1-3H3,(H,21,23). The Morgan fingerprint density at radius 1 is 1.12 bits per heavy atom. The predicted molar refractivity (Wildman–Crippen MR) is 99.2 cm³/mol. The molecule has 1 aliphatic heterocycles. The minimum absolute atomic E-state index is 0.0297. The molecular formula is C20H30N2O3. The molecule has 1 aliphatic carbocycles. The van der Waals surface area contributed by atoms with E-state index in [4.69, 9.17) is 9.47 Å². The molecule has 5 nitrogen and oxygen atoms in total. The van der Waals surface area contributed by atoms with Gasteiger partial charge in [-0.05, 0) is 51.2 Å². The summed E-state index contributed by atoms with van der Waals surface area (Å²) in [6.07, 6.45) is 4.02. The lowest BCUT2D eigenvalue weighted by Gasteiger charge is -2.40. The van der Waals surface area contributed by atoms with Crippen molar-refractivity contribution < 1.29 is 14.3 Å². The summed E-state index contributed by atoms with van der Waals surface area (Å²) in [6, 6.07) is 4.49. The van der Waals surface area contributed by atoms with Gasteiger partial charge in [0, 0.05) is 24.8 Å². The summed E-state index contributed by atoms with van der Waals surface area (Å²) < 4.78 is 11.3. The number of morpholine rings is 1. The third-order valence-corrected chi connectivity index (χ3v) is 5.34. The van der Waals surface area contributed by atoms with Crippen molar-refractivity contribution in [1.29, 1.82) is 0 Å². The van der Waals surface area contributed by atoms with Crippen LogP contribution in [0.5, 0.6) is 0 Å². The number of aryl methyl sites for hydroxylation is 3. The number of hydrogen-bond donors (Lipinski definition) is 1. The molecule has 25 heavy (non-hydrogen) atoms. The van der Waals surface area contributed by atoms with Crippen LogP contribution in [0.2, 0.25) is 0 Å². The number of rotatable bonds is 3. The van der Waals surface area contributed by atoms with E-state index in [2.05, 4.69) is 29.3 Å². The van der Waals surface area contributed by atoms with E-state index in [0.29, 0.717) is 6.04 Å². The molecule has 1 aromatic carbocycles. The number of carbonyl (C=O) groups excluding carboxylic acids is 1. The first kappa shape index (κ1) is 18.2. The zero-order chi connectivity index (χ0) is 17.8. The van der Waals surface area contributed by atoms with Gasteiger partial charge < -0.3 is 9.47 Å². The monoisotopic (exact) mass is 346 g/mol. The Balaban J connectivity index is 1.64. The van der Waals surface area contributed by atoms with Crippen LogP contribution in [0.1, 0.15) is 42.4 Å². The summed E-state index contributed by atoms with van der Waals surface area (Å²) >= 11 is 0. The minimum atomic E-state index is -0.333. The van der Waals surface area contributed by atoms with Gasteiger partial charge in [-0.1, -0.05) is 24.1 Å². The highest BCUT2D eigenvalue weighted by molar-refractivity contribution is 5.87. The summed E-state index contributed by atoms with van der Waals surface area (Å²) in [5.74, 6) is 0. The molecule has 2 fully saturated rings. The molecule has 2 unspecified atom stereocenters. The Labute approximate surface area is 150 Å². The predicted octanol–water partition coefficient (Wildman–Crippen LogP) is 3.80. The molecule has 3 rings (SSSR count). The summed E-state index contributed by atoms with van der Waals surface area (Å²) in [5.41, 5.74) is 4.22. The number of ether oxygens (including phenoxy) is 2. The Hall–Kier alpha value is -1.59. The van der Waals surface area contributed by atoms with Crippen LogP contribution in [0.3, 0.4) is 0 Å². The van der Waals surface area contributed by atoms with Gasteiger partial charge in [0.25, 0.3) is 0 Å². The lowest BCUT2D eigenvalue weighted by atomic mass is 9.91.